The Morgan fingerprint density at radius 1 is 1.11 bits per heavy atom. The molecule has 0 radical (unpaired) electrons. The maximum absolute atomic E-state index is 12.4. The maximum Gasteiger partial charge on any atom is 0.270 e. The number of aromatic nitrogens is 2. The van der Waals surface area contributed by atoms with Crippen LogP contribution in [-0.2, 0) is 13.0 Å². The fourth-order valence-corrected chi connectivity index (χ4v) is 2.87. The fraction of sp³-hybridized carbons (Fsp3) is 0.190. The molecule has 3 rings (SSSR count). The van der Waals surface area contributed by atoms with Crippen molar-refractivity contribution >= 4 is 23.5 Å². The first-order chi connectivity index (χ1) is 13.1. The predicted octanol–water partition coefficient (Wildman–Crippen LogP) is 4.02. The summed E-state index contributed by atoms with van der Waals surface area (Å²) in [4.78, 5) is 20.8. The van der Waals surface area contributed by atoms with Gasteiger partial charge in [0.15, 0.2) is 0 Å². The summed E-state index contributed by atoms with van der Waals surface area (Å²) in [5.41, 5.74) is 3.69. The Morgan fingerprint density at radius 2 is 1.96 bits per heavy atom. The predicted molar refractivity (Wildman–Crippen MR) is 108 cm³/mol. The van der Waals surface area contributed by atoms with E-state index >= 15 is 0 Å². The molecule has 27 heavy (non-hydrogen) atoms. The molecule has 0 atom stereocenters. The van der Waals surface area contributed by atoms with Gasteiger partial charge < -0.3 is 10.6 Å². The Balaban J connectivity index is 1.54. The number of rotatable bonds is 7. The highest BCUT2D eigenvalue weighted by molar-refractivity contribution is 6.30. The van der Waals surface area contributed by atoms with Crippen LogP contribution in [0.4, 0.5) is 5.95 Å². The van der Waals surface area contributed by atoms with Gasteiger partial charge in [-0.2, -0.15) is 0 Å². The second-order valence-corrected chi connectivity index (χ2v) is 6.62. The van der Waals surface area contributed by atoms with Crippen LogP contribution in [0.15, 0.2) is 60.8 Å². The van der Waals surface area contributed by atoms with E-state index in [2.05, 4.69) is 20.6 Å². The van der Waals surface area contributed by atoms with Crippen molar-refractivity contribution in [2.45, 2.75) is 19.9 Å². The van der Waals surface area contributed by atoms with Crippen LogP contribution in [0.3, 0.4) is 0 Å². The van der Waals surface area contributed by atoms with Crippen LogP contribution in [0.25, 0.3) is 0 Å². The van der Waals surface area contributed by atoms with Crippen molar-refractivity contribution in [3.05, 3.63) is 88.2 Å². The van der Waals surface area contributed by atoms with E-state index in [1.54, 1.807) is 12.3 Å². The van der Waals surface area contributed by atoms with Crippen LogP contribution < -0.4 is 10.6 Å². The number of amides is 1. The number of carbonyl (C=O) groups excluding carboxylic acids is 1. The van der Waals surface area contributed by atoms with E-state index in [0.717, 1.165) is 28.1 Å². The minimum absolute atomic E-state index is 0.224. The molecule has 2 N–H and O–H groups in total. The number of aryl methyl sites for hydroxylation is 1. The van der Waals surface area contributed by atoms with Crippen molar-refractivity contribution in [2.75, 3.05) is 11.9 Å². The van der Waals surface area contributed by atoms with Gasteiger partial charge in [0, 0.05) is 24.3 Å². The van der Waals surface area contributed by atoms with Crippen molar-refractivity contribution in [3.8, 4) is 0 Å². The molecule has 3 aromatic rings. The molecule has 2 aromatic carbocycles. The van der Waals surface area contributed by atoms with Crippen LogP contribution in [0, 0.1) is 6.92 Å². The highest BCUT2D eigenvalue weighted by atomic mass is 35.5. The van der Waals surface area contributed by atoms with Crippen LogP contribution >= 0.6 is 11.6 Å². The number of carbonyl (C=O) groups is 1. The van der Waals surface area contributed by atoms with Crippen molar-refractivity contribution in [1.29, 1.82) is 0 Å². The van der Waals surface area contributed by atoms with Crippen LogP contribution in [0.5, 0.6) is 0 Å². The van der Waals surface area contributed by atoms with E-state index < -0.39 is 0 Å². The quantitative estimate of drug-likeness (QED) is 0.649. The van der Waals surface area contributed by atoms with Gasteiger partial charge in [-0.05, 0) is 48.2 Å². The second-order valence-electron chi connectivity index (χ2n) is 6.18. The number of halogens is 1. The molecule has 0 aliphatic carbocycles. The zero-order chi connectivity index (χ0) is 19.1. The van der Waals surface area contributed by atoms with E-state index in [1.807, 2.05) is 55.5 Å². The molecule has 0 unspecified atom stereocenters. The number of hydrogen-bond donors (Lipinski definition) is 2. The molecule has 1 aromatic heterocycles. The lowest BCUT2D eigenvalue weighted by molar-refractivity contribution is 0.0946. The highest BCUT2D eigenvalue weighted by Gasteiger charge is 2.09. The summed E-state index contributed by atoms with van der Waals surface area (Å²) in [6.07, 6.45) is 2.37. The average Bonchev–Trinajstić information content (AvgIpc) is 2.67. The first-order valence-corrected chi connectivity index (χ1v) is 9.14. The third-order valence-electron chi connectivity index (χ3n) is 4.17. The van der Waals surface area contributed by atoms with E-state index in [9.17, 15) is 4.79 Å². The van der Waals surface area contributed by atoms with Gasteiger partial charge in [-0.1, -0.05) is 48.0 Å². The smallest absolute Gasteiger partial charge is 0.270 e. The van der Waals surface area contributed by atoms with Crippen LogP contribution in [0.1, 0.15) is 27.2 Å². The molecule has 138 valence electrons. The van der Waals surface area contributed by atoms with E-state index in [4.69, 9.17) is 11.6 Å². The van der Waals surface area contributed by atoms with Gasteiger partial charge in [0.25, 0.3) is 5.91 Å². The third-order valence-corrected chi connectivity index (χ3v) is 4.41. The van der Waals surface area contributed by atoms with E-state index in [1.165, 1.54) is 0 Å². The molecule has 5 nitrogen and oxygen atoms in total. The van der Waals surface area contributed by atoms with Crippen molar-refractivity contribution in [1.82, 2.24) is 15.3 Å². The molecule has 0 saturated carbocycles. The highest BCUT2D eigenvalue weighted by Crippen LogP contribution is 2.11. The van der Waals surface area contributed by atoms with Crippen molar-refractivity contribution < 1.29 is 4.79 Å². The van der Waals surface area contributed by atoms with Crippen LogP contribution in [0.2, 0.25) is 5.02 Å². The molecule has 1 heterocycles. The molecule has 0 bridgehead atoms. The zero-order valence-electron chi connectivity index (χ0n) is 15.1. The molecule has 6 heteroatoms. The van der Waals surface area contributed by atoms with Gasteiger partial charge in [0.1, 0.15) is 5.69 Å². The van der Waals surface area contributed by atoms with Crippen molar-refractivity contribution in [2.24, 2.45) is 0 Å². The van der Waals surface area contributed by atoms with Gasteiger partial charge in [0.2, 0.25) is 5.95 Å². The molecule has 0 aliphatic rings. The lowest BCUT2D eigenvalue weighted by Crippen LogP contribution is -2.24. The molecule has 0 saturated heterocycles. The first kappa shape index (κ1) is 18.9. The second kappa shape index (κ2) is 9.14. The Bertz CT molecular complexity index is 929. The van der Waals surface area contributed by atoms with Gasteiger partial charge in [-0.15, -0.1) is 0 Å². The number of benzene rings is 2. The monoisotopic (exact) mass is 380 g/mol. The topological polar surface area (TPSA) is 66.9 Å². The summed E-state index contributed by atoms with van der Waals surface area (Å²) in [6, 6.07) is 17.3. The molecule has 0 spiro atoms. The SMILES string of the molecule is Cc1ccccc1CNC(=O)c1ccnc(NCCc2cccc(Cl)c2)n1. The Labute approximate surface area is 163 Å². The van der Waals surface area contributed by atoms with E-state index in [-0.39, 0.29) is 5.91 Å². The molecular formula is C21H21ClN4O. The van der Waals surface area contributed by atoms with Gasteiger partial charge >= 0.3 is 0 Å². The summed E-state index contributed by atoms with van der Waals surface area (Å²) in [6.45, 7) is 3.13. The first-order valence-electron chi connectivity index (χ1n) is 8.76. The molecule has 0 aliphatic heterocycles. The van der Waals surface area contributed by atoms with Gasteiger partial charge in [0.05, 0.1) is 0 Å². The Kier molecular flexibility index (Phi) is 6.39. The Hall–Kier alpha value is -2.92. The summed E-state index contributed by atoms with van der Waals surface area (Å²) in [5, 5.41) is 6.76. The van der Waals surface area contributed by atoms with Crippen molar-refractivity contribution in [3.63, 3.8) is 0 Å². The lowest BCUT2D eigenvalue weighted by atomic mass is 10.1. The van der Waals surface area contributed by atoms with Crippen LogP contribution in [-0.4, -0.2) is 22.4 Å². The normalized spacial score (nSPS) is 10.4. The standard InChI is InChI=1S/C21H21ClN4O/c1-15-5-2-3-7-17(15)14-25-20(27)19-10-12-24-21(26-19)23-11-9-16-6-4-8-18(22)13-16/h2-8,10,12-13H,9,11,14H2,1H3,(H,25,27)(H,23,24,26). The number of nitrogens with one attached hydrogen (secondary N) is 2. The lowest BCUT2D eigenvalue weighted by Gasteiger charge is -2.09. The summed E-state index contributed by atoms with van der Waals surface area (Å²) in [7, 11) is 0. The van der Waals surface area contributed by atoms with Gasteiger partial charge in [-0.25, -0.2) is 9.97 Å². The summed E-state index contributed by atoms with van der Waals surface area (Å²) in [5.74, 6) is 0.208. The Morgan fingerprint density at radius 3 is 2.78 bits per heavy atom. The van der Waals surface area contributed by atoms with E-state index in [0.29, 0.717) is 24.7 Å². The zero-order valence-corrected chi connectivity index (χ0v) is 15.8. The minimum Gasteiger partial charge on any atom is -0.354 e. The van der Waals surface area contributed by atoms with Gasteiger partial charge in [-0.3, -0.25) is 4.79 Å². The maximum atomic E-state index is 12.4. The molecular weight excluding hydrogens is 360 g/mol. The fourth-order valence-electron chi connectivity index (χ4n) is 2.66. The molecule has 0 fully saturated rings. The number of nitrogens with zero attached hydrogens (tertiary/aromatic N) is 2. The summed E-state index contributed by atoms with van der Waals surface area (Å²) >= 11 is 5.99. The summed E-state index contributed by atoms with van der Waals surface area (Å²) < 4.78 is 0. The number of anilines is 1. The number of hydrogen-bond acceptors (Lipinski definition) is 4. The largest absolute Gasteiger partial charge is 0.354 e. The molecule has 1 amide bonds. The minimum atomic E-state index is -0.224. The average molecular weight is 381 g/mol. The third kappa shape index (κ3) is 5.53.